The first-order valence-corrected chi connectivity index (χ1v) is 7.84. The highest BCUT2D eigenvalue weighted by molar-refractivity contribution is 5.79. The second-order valence-corrected chi connectivity index (χ2v) is 5.56. The minimum atomic E-state index is 0.565. The Morgan fingerprint density at radius 1 is 0.958 bits per heavy atom. The smallest absolute Gasteiger partial charge is 0.194 e. The Morgan fingerprint density at radius 2 is 1.67 bits per heavy atom. The molecule has 128 valence electrons. The standard InChI is InChI=1S/C19H25N3O2/c1-22(2)19(20-13-15-8-6-5-7-9-15)21-14-16-10-11-17(23-3)18(12-16)24-4/h5-12H,13-14H2,1-4H3,(H,20,21). The Balaban J connectivity index is 2.05. The molecule has 0 unspecified atom stereocenters. The molecule has 0 aromatic heterocycles. The molecule has 2 aromatic carbocycles. The summed E-state index contributed by atoms with van der Waals surface area (Å²) < 4.78 is 10.6. The highest BCUT2D eigenvalue weighted by atomic mass is 16.5. The Hall–Kier alpha value is -2.69. The monoisotopic (exact) mass is 327 g/mol. The number of guanidine groups is 1. The summed E-state index contributed by atoms with van der Waals surface area (Å²) >= 11 is 0. The fraction of sp³-hybridized carbons (Fsp3) is 0.316. The molecule has 0 bridgehead atoms. The predicted molar refractivity (Wildman–Crippen MR) is 97.7 cm³/mol. The molecule has 2 aromatic rings. The van der Waals surface area contributed by atoms with E-state index in [1.165, 1.54) is 5.56 Å². The van der Waals surface area contributed by atoms with Gasteiger partial charge in [0.15, 0.2) is 17.5 Å². The number of aliphatic imine (C=N–C) groups is 1. The average molecular weight is 327 g/mol. The molecular weight excluding hydrogens is 302 g/mol. The van der Waals surface area contributed by atoms with Crippen molar-refractivity contribution in [3.8, 4) is 11.5 Å². The summed E-state index contributed by atoms with van der Waals surface area (Å²) in [4.78, 5) is 6.65. The van der Waals surface area contributed by atoms with Crippen LogP contribution in [0.3, 0.4) is 0 Å². The lowest BCUT2D eigenvalue weighted by Crippen LogP contribution is -2.36. The van der Waals surface area contributed by atoms with E-state index in [1.807, 2.05) is 55.4 Å². The highest BCUT2D eigenvalue weighted by Gasteiger charge is 2.06. The summed E-state index contributed by atoms with van der Waals surface area (Å²) in [6, 6.07) is 16.1. The van der Waals surface area contributed by atoms with Gasteiger partial charge in [0.05, 0.1) is 20.8 Å². The van der Waals surface area contributed by atoms with Crippen LogP contribution in [0.25, 0.3) is 0 Å². The van der Waals surface area contributed by atoms with E-state index in [1.54, 1.807) is 14.2 Å². The third-order valence-electron chi connectivity index (χ3n) is 3.58. The second kappa shape index (κ2) is 8.82. The maximum atomic E-state index is 5.34. The van der Waals surface area contributed by atoms with Crippen molar-refractivity contribution in [3.63, 3.8) is 0 Å². The number of methoxy groups -OCH3 is 2. The molecular formula is C19H25N3O2. The van der Waals surface area contributed by atoms with Crippen LogP contribution in [0.1, 0.15) is 11.1 Å². The largest absolute Gasteiger partial charge is 0.493 e. The van der Waals surface area contributed by atoms with Crippen molar-refractivity contribution in [3.05, 3.63) is 59.7 Å². The SMILES string of the molecule is COc1ccc(CN=C(NCc2ccccc2)N(C)C)cc1OC. The van der Waals surface area contributed by atoms with E-state index in [0.717, 1.165) is 23.8 Å². The van der Waals surface area contributed by atoms with Gasteiger partial charge in [-0.1, -0.05) is 36.4 Å². The minimum absolute atomic E-state index is 0.565. The highest BCUT2D eigenvalue weighted by Crippen LogP contribution is 2.27. The summed E-state index contributed by atoms with van der Waals surface area (Å²) in [7, 11) is 7.22. The molecule has 2 rings (SSSR count). The number of ether oxygens (including phenoxy) is 2. The van der Waals surface area contributed by atoms with E-state index in [-0.39, 0.29) is 0 Å². The van der Waals surface area contributed by atoms with Crippen LogP contribution in [-0.4, -0.2) is 39.2 Å². The third-order valence-corrected chi connectivity index (χ3v) is 3.58. The van der Waals surface area contributed by atoms with Gasteiger partial charge in [-0.15, -0.1) is 0 Å². The summed E-state index contributed by atoms with van der Waals surface area (Å²) in [5.74, 6) is 2.28. The fourth-order valence-corrected chi connectivity index (χ4v) is 2.28. The molecule has 0 saturated heterocycles. The summed E-state index contributed by atoms with van der Waals surface area (Å²) in [5.41, 5.74) is 2.28. The Kier molecular flexibility index (Phi) is 6.49. The number of hydrogen-bond acceptors (Lipinski definition) is 3. The van der Waals surface area contributed by atoms with E-state index >= 15 is 0 Å². The summed E-state index contributed by atoms with van der Waals surface area (Å²) in [5, 5.41) is 3.38. The number of hydrogen-bond donors (Lipinski definition) is 1. The van der Waals surface area contributed by atoms with Crippen molar-refractivity contribution in [1.29, 1.82) is 0 Å². The van der Waals surface area contributed by atoms with E-state index in [4.69, 9.17) is 9.47 Å². The Morgan fingerprint density at radius 3 is 2.29 bits per heavy atom. The lowest BCUT2D eigenvalue weighted by Gasteiger charge is -2.18. The van der Waals surface area contributed by atoms with Crippen LogP contribution in [-0.2, 0) is 13.1 Å². The van der Waals surface area contributed by atoms with E-state index in [9.17, 15) is 0 Å². The molecule has 0 radical (unpaired) electrons. The van der Waals surface area contributed by atoms with Crippen LogP contribution in [0.5, 0.6) is 11.5 Å². The quantitative estimate of drug-likeness (QED) is 0.654. The third kappa shape index (κ3) is 4.91. The molecule has 0 aliphatic heterocycles. The van der Waals surface area contributed by atoms with Crippen molar-refractivity contribution >= 4 is 5.96 Å². The molecule has 1 N–H and O–H groups in total. The van der Waals surface area contributed by atoms with Gasteiger partial charge in [0.1, 0.15) is 0 Å². The van der Waals surface area contributed by atoms with Gasteiger partial charge in [-0.05, 0) is 23.3 Å². The zero-order valence-electron chi connectivity index (χ0n) is 14.7. The van der Waals surface area contributed by atoms with E-state index in [2.05, 4.69) is 22.4 Å². The molecule has 0 fully saturated rings. The van der Waals surface area contributed by atoms with Crippen LogP contribution in [0.4, 0.5) is 0 Å². The van der Waals surface area contributed by atoms with Gasteiger partial charge < -0.3 is 19.7 Å². The fourth-order valence-electron chi connectivity index (χ4n) is 2.28. The molecule has 0 saturated carbocycles. The van der Waals surface area contributed by atoms with Gasteiger partial charge in [0.2, 0.25) is 0 Å². The maximum absolute atomic E-state index is 5.34. The molecule has 0 aliphatic rings. The molecule has 0 amide bonds. The molecule has 5 heteroatoms. The van der Waals surface area contributed by atoms with Crippen molar-refractivity contribution in [2.75, 3.05) is 28.3 Å². The summed E-state index contributed by atoms with van der Waals surface area (Å²) in [6.07, 6.45) is 0. The number of nitrogens with zero attached hydrogens (tertiary/aromatic N) is 2. The lowest BCUT2D eigenvalue weighted by molar-refractivity contribution is 0.354. The first-order chi connectivity index (χ1) is 11.6. The van der Waals surface area contributed by atoms with Crippen molar-refractivity contribution < 1.29 is 9.47 Å². The van der Waals surface area contributed by atoms with Crippen LogP contribution in [0.2, 0.25) is 0 Å². The topological polar surface area (TPSA) is 46.1 Å². The van der Waals surface area contributed by atoms with Gasteiger partial charge in [-0.25, -0.2) is 4.99 Å². The first-order valence-electron chi connectivity index (χ1n) is 7.84. The van der Waals surface area contributed by atoms with Crippen LogP contribution < -0.4 is 14.8 Å². The van der Waals surface area contributed by atoms with Crippen molar-refractivity contribution in [2.45, 2.75) is 13.1 Å². The van der Waals surface area contributed by atoms with Crippen molar-refractivity contribution in [2.24, 2.45) is 4.99 Å². The molecule has 24 heavy (non-hydrogen) atoms. The van der Waals surface area contributed by atoms with Gasteiger partial charge >= 0.3 is 0 Å². The number of rotatable bonds is 6. The number of nitrogens with one attached hydrogen (secondary N) is 1. The van der Waals surface area contributed by atoms with Crippen LogP contribution in [0.15, 0.2) is 53.5 Å². The first kappa shape index (κ1) is 17.7. The van der Waals surface area contributed by atoms with Gasteiger partial charge in [0, 0.05) is 20.6 Å². The van der Waals surface area contributed by atoms with Gasteiger partial charge in [0.25, 0.3) is 0 Å². The van der Waals surface area contributed by atoms with Gasteiger partial charge in [-0.2, -0.15) is 0 Å². The molecule has 0 spiro atoms. The van der Waals surface area contributed by atoms with Gasteiger partial charge in [-0.3, -0.25) is 0 Å². The van der Waals surface area contributed by atoms with Crippen LogP contribution >= 0.6 is 0 Å². The van der Waals surface area contributed by atoms with Crippen LogP contribution in [0, 0.1) is 0 Å². The minimum Gasteiger partial charge on any atom is -0.493 e. The molecule has 0 aliphatic carbocycles. The summed E-state index contributed by atoms with van der Waals surface area (Å²) in [6.45, 7) is 1.31. The molecule has 0 atom stereocenters. The molecule has 0 heterocycles. The lowest BCUT2D eigenvalue weighted by atomic mass is 10.2. The molecule has 5 nitrogen and oxygen atoms in total. The van der Waals surface area contributed by atoms with E-state index in [0.29, 0.717) is 12.3 Å². The Bertz CT molecular complexity index is 670. The maximum Gasteiger partial charge on any atom is 0.194 e. The average Bonchev–Trinajstić information content (AvgIpc) is 2.62. The second-order valence-electron chi connectivity index (χ2n) is 5.56. The zero-order chi connectivity index (χ0) is 17.4. The Labute approximate surface area is 143 Å². The number of benzene rings is 2. The zero-order valence-corrected chi connectivity index (χ0v) is 14.7. The predicted octanol–water partition coefficient (Wildman–Crippen LogP) is 2.91. The van der Waals surface area contributed by atoms with E-state index < -0.39 is 0 Å². The normalized spacial score (nSPS) is 11.1. The van der Waals surface area contributed by atoms with Crippen molar-refractivity contribution in [1.82, 2.24) is 10.2 Å².